The van der Waals surface area contributed by atoms with Crippen molar-refractivity contribution < 1.29 is 9.21 Å². The highest BCUT2D eigenvalue weighted by Crippen LogP contribution is 2.23. The Kier molecular flexibility index (Phi) is 4.93. The normalized spacial score (nSPS) is 12.3. The number of nitrogens with zero attached hydrogens (tertiary/aromatic N) is 2. The van der Waals surface area contributed by atoms with Crippen molar-refractivity contribution in [1.29, 1.82) is 0 Å². The molecule has 0 aliphatic carbocycles. The van der Waals surface area contributed by atoms with Gasteiger partial charge < -0.3 is 9.73 Å². The van der Waals surface area contributed by atoms with Gasteiger partial charge in [-0.15, -0.1) is 0 Å². The topological polar surface area (TPSA) is 77.1 Å². The summed E-state index contributed by atoms with van der Waals surface area (Å²) in [5.74, 6) is -0.222. The zero-order valence-electron chi connectivity index (χ0n) is 15.6. The van der Waals surface area contributed by atoms with Crippen LogP contribution in [0.25, 0.3) is 22.1 Å². The minimum absolute atomic E-state index is 0.00583. The molecule has 2 heterocycles. The van der Waals surface area contributed by atoms with Crippen molar-refractivity contribution in [2.24, 2.45) is 0 Å². The van der Waals surface area contributed by atoms with Crippen molar-refractivity contribution in [3.63, 3.8) is 0 Å². The minimum Gasteiger partial charge on any atom is -0.448 e. The summed E-state index contributed by atoms with van der Waals surface area (Å²) >= 11 is 0. The van der Waals surface area contributed by atoms with E-state index in [1.165, 1.54) is 16.5 Å². The van der Waals surface area contributed by atoms with Gasteiger partial charge in [-0.25, -0.2) is 4.98 Å². The van der Waals surface area contributed by atoms with E-state index in [1.807, 2.05) is 43.3 Å². The van der Waals surface area contributed by atoms with Gasteiger partial charge in [0, 0.05) is 11.4 Å². The van der Waals surface area contributed by atoms with Gasteiger partial charge in [-0.05, 0) is 37.5 Å². The Morgan fingerprint density at radius 3 is 2.71 bits per heavy atom. The van der Waals surface area contributed by atoms with Gasteiger partial charge in [0.15, 0.2) is 0 Å². The smallest absolute Gasteiger partial charge is 0.297 e. The molecule has 1 atom stereocenters. The molecule has 1 N–H and O–H groups in total. The maximum atomic E-state index is 12.7. The fraction of sp³-hybridized carbons (Fsp3) is 0.227. The molecule has 28 heavy (non-hydrogen) atoms. The number of aromatic nitrogens is 2. The third-order valence-corrected chi connectivity index (χ3v) is 4.78. The summed E-state index contributed by atoms with van der Waals surface area (Å²) in [7, 11) is 0. The van der Waals surface area contributed by atoms with Gasteiger partial charge in [0.1, 0.15) is 17.6 Å². The highest BCUT2D eigenvalue weighted by atomic mass is 16.3. The minimum atomic E-state index is -0.353. The standard InChI is InChI=1S/C22H21N3O3/c1-15(11-12-16-7-3-2-4-8-16)24-19(26)13-25-14-23-20-17-9-5-6-10-18(17)28-21(20)22(25)27/h2-10,14-15H,11-13H2,1H3,(H,24,26)/t15-/m1/s1. The maximum Gasteiger partial charge on any atom is 0.297 e. The van der Waals surface area contributed by atoms with Crippen LogP contribution in [0.3, 0.4) is 0 Å². The molecule has 0 aliphatic rings. The zero-order valence-corrected chi connectivity index (χ0v) is 15.6. The summed E-state index contributed by atoms with van der Waals surface area (Å²) < 4.78 is 6.93. The first-order valence-electron chi connectivity index (χ1n) is 9.32. The molecule has 2 aromatic carbocycles. The summed E-state index contributed by atoms with van der Waals surface area (Å²) in [5, 5.41) is 3.74. The van der Waals surface area contributed by atoms with E-state index in [1.54, 1.807) is 6.07 Å². The van der Waals surface area contributed by atoms with Gasteiger partial charge in [-0.2, -0.15) is 0 Å². The molecule has 0 unspecified atom stereocenters. The van der Waals surface area contributed by atoms with Crippen molar-refractivity contribution in [2.45, 2.75) is 32.4 Å². The summed E-state index contributed by atoms with van der Waals surface area (Å²) in [6.07, 6.45) is 3.11. The third-order valence-electron chi connectivity index (χ3n) is 4.78. The number of carbonyl (C=O) groups excluding carboxylic acids is 1. The number of carbonyl (C=O) groups is 1. The lowest BCUT2D eigenvalue weighted by Gasteiger charge is -2.14. The second-order valence-corrected chi connectivity index (χ2v) is 6.95. The van der Waals surface area contributed by atoms with Crippen LogP contribution in [0.5, 0.6) is 0 Å². The largest absolute Gasteiger partial charge is 0.448 e. The Hall–Kier alpha value is -3.41. The van der Waals surface area contributed by atoms with Crippen LogP contribution in [0.1, 0.15) is 18.9 Å². The number of para-hydroxylation sites is 1. The first-order valence-corrected chi connectivity index (χ1v) is 9.32. The Balaban J connectivity index is 1.44. The molecular weight excluding hydrogens is 354 g/mol. The Morgan fingerprint density at radius 2 is 1.89 bits per heavy atom. The second kappa shape index (κ2) is 7.68. The lowest BCUT2D eigenvalue weighted by atomic mass is 10.1. The number of aryl methyl sites for hydroxylation is 1. The lowest BCUT2D eigenvalue weighted by Crippen LogP contribution is -2.37. The predicted octanol–water partition coefficient (Wildman–Crippen LogP) is 3.28. The summed E-state index contributed by atoms with van der Waals surface area (Å²) in [4.78, 5) is 29.4. The van der Waals surface area contributed by atoms with E-state index >= 15 is 0 Å². The van der Waals surface area contributed by atoms with E-state index in [-0.39, 0.29) is 29.6 Å². The van der Waals surface area contributed by atoms with E-state index < -0.39 is 0 Å². The van der Waals surface area contributed by atoms with Crippen LogP contribution in [0.15, 0.2) is 70.1 Å². The monoisotopic (exact) mass is 375 g/mol. The highest BCUT2D eigenvalue weighted by molar-refractivity contribution is 6.01. The molecule has 0 aliphatic heterocycles. The average Bonchev–Trinajstić information content (AvgIpc) is 3.09. The molecule has 1 amide bonds. The van der Waals surface area contributed by atoms with Crippen LogP contribution >= 0.6 is 0 Å². The van der Waals surface area contributed by atoms with Gasteiger partial charge >= 0.3 is 0 Å². The molecule has 0 fully saturated rings. The number of benzene rings is 2. The van der Waals surface area contributed by atoms with Gasteiger partial charge in [0.25, 0.3) is 5.56 Å². The van der Waals surface area contributed by atoms with Crippen LogP contribution in [-0.2, 0) is 17.8 Å². The maximum absolute atomic E-state index is 12.7. The molecule has 4 rings (SSSR count). The predicted molar refractivity (Wildman–Crippen MR) is 108 cm³/mol. The third kappa shape index (κ3) is 3.67. The SMILES string of the molecule is C[C@H](CCc1ccccc1)NC(=O)Cn1cnc2c(oc3ccccc32)c1=O. The van der Waals surface area contributed by atoms with Crippen molar-refractivity contribution in [1.82, 2.24) is 14.9 Å². The number of fused-ring (bicyclic) bond motifs is 3. The first-order chi connectivity index (χ1) is 13.6. The van der Waals surface area contributed by atoms with E-state index in [0.29, 0.717) is 11.1 Å². The molecule has 0 radical (unpaired) electrons. The number of hydrogen-bond acceptors (Lipinski definition) is 4. The van der Waals surface area contributed by atoms with Crippen molar-refractivity contribution >= 4 is 28.0 Å². The van der Waals surface area contributed by atoms with E-state index in [0.717, 1.165) is 18.2 Å². The number of nitrogens with one attached hydrogen (secondary N) is 1. The molecule has 6 heteroatoms. The molecule has 4 aromatic rings. The number of furan rings is 1. The molecule has 0 saturated heterocycles. The van der Waals surface area contributed by atoms with Crippen LogP contribution in [0.2, 0.25) is 0 Å². The van der Waals surface area contributed by atoms with E-state index in [9.17, 15) is 9.59 Å². The van der Waals surface area contributed by atoms with Crippen molar-refractivity contribution in [3.05, 3.63) is 76.8 Å². The molecule has 0 spiro atoms. The Labute approximate surface area is 161 Å². The molecule has 0 bridgehead atoms. The van der Waals surface area contributed by atoms with Gasteiger partial charge in [0.05, 0.1) is 6.33 Å². The van der Waals surface area contributed by atoms with Crippen LogP contribution in [0.4, 0.5) is 0 Å². The summed E-state index contributed by atoms with van der Waals surface area (Å²) in [5.41, 5.74) is 2.19. The summed E-state index contributed by atoms with van der Waals surface area (Å²) in [6, 6.07) is 17.5. The molecule has 2 aromatic heterocycles. The quantitative estimate of drug-likeness (QED) is 0.561. The molecular formula is C22H21N3O3. The molecule has 0 saturated carbocycles. The highest BCUT2D eigenvalue weighted by Gasteiger charge is 2.15. The van der Waals surface area contributed by atoms with Crippen molar-refractivity contribution in [2.75, 3.05) is 0 Å². The summed E-state index contributed by atoms with van der Waals surface area (Å²) in [6.45, 7) is 1.87. The second-order valence-electron chi connectivity index (χ2n) is 6.95. The van der Waals surface area contributed by atoms with Gasteiger partial charge in [0.2, 0.25) is 11.5 Å². The van der Waals surface area contributed by atoms with E-state index in [4.69, 9.17) is 4.42 Å². The number of rotatable bonds is 6. The van der Waals surface area contributed by atoms with Crippen molar-refractivity contribution in [3.8, 4) is 0 Å². The number of amides is 1. The Morgan fingerprint density at radius 1 is 1.14 bits per heavy atom. The zero-order chi connectivity index (χ0) is 19.5. The van der Waals surface area contributed by atoms with Gasteiger partial charge in [-0.1, -0.05) is 42.5 Å². The average molecular weight is 375 g/mol. The fourth-order valence-electron chi connectivity index (χ4n) is 3.30. The molecule has 142 valence electrons. The molecule has 6 nitrogen and oxygen atoms in total. The Bertz CT molecular complexity index is 1180. The first kappa shape index (κ1) is 18.0. The fourth-order valence-corrected chi connectivity index (χ4v) is 3.30. The van der Waals surface area contributed by atoms with Crippen LogP contribution < -0.4 is 10.9 Å². The van der Waals surface area contributed by atoms with Crippen LogP contribution in [0, 0.1) is 0 Å². The lowest BCUT2D eigenvalue weighted by molar-refractivity contribution is -0.122. The van der Waals surface area contributed by atoms with Gasteiger partial charge in [-0.3, -0.25) is 14.2 Å². The van der Waals surface area contributed by atoms with Crippen LogP contribution in [-0.4, -0.2) is 21.5 Å². The number of hydrogen-bond donors (Lipinski definition) is 1. The van der Waals surface area contributed by atoms with E-state index in [2.05, 4.69) is 22.4 Å².